The standard InChI is InChI=1S/C12H23NO3/c1-4-7-10(12(15)16)13-11(14)8-9(5-2)6-3/h9-10H,4-8H2,1-3H3,(H,13,14)(H,15,16). The van der Waals surface area contributed by atoms with Gasteiger partial charge in [-0.2, -0.15) is 0 Å². The van der Waals surface area contributed by atoms with E-state index in [1.807, 2.05) is 20.8 Å². The molecule has 0 spiro atoms. The average Bonchev–Trinajstić information content (AvgIpc) is 2.25. The van der Waals surface area contributed by atoms with Crippen molar-refractivity contribution in [2.75, 3.05) is 0 Å². The van der Waals surface area contributed by atoms with Crippen molar-refractivity contribution in [1.82, 2.24) is 5.32 Å². The van der Waals surface area contributed by atoms with E-state index in [0.29, 0.717) is 18.8 Å². The van der Waals surface area contributed by atoms with Crippen molar-refractivity contribution in [1.29, 1.82) is 0 Å². The Morgan fingerprint density at radius 1 is 1.19 bits per heavy atom. The molecule has 0 aliphatic rings. The topological polar surface area (TPSA) is 66.4 Å². The molecule has 0 bridgehead atoms. The van der Waals surface area contributed by atoms with Gasteiger partial charge in [0.1, 0.15) is 6.04 Å². The number of hydrogen-bond acceptors (Lipinski definition) is 2. The molecule has 0 saturated heterocycles. The Kier molecular flexibility index (Phi) is 7.60. The van der Waals surface area contributed by atoms with E-state index in [0.717, 1.165) is 19.3 Å². The molecule has 1 amide bonds. The smallest absolute Gasteiger partial charge is 0.326 e. The fourth-order valence-corrected chi connectivity index (χ4v) is 1.64. The lowest BCUT2D eigenvalue weighted by Crippen LogP contribution is -2.41. The minimum atomic E-state index is -0.945. The first-order valence-electron chi connectivity index (χ1n) is 6.07. The third-order valence-corrected chi connectivity index (χ3v) is 2.84. The van der Waals surface area contributed by atoms with Crippen molar-refractivity contribution in [2.24, 2.45) is 5.92 Å². The van der Waals surface area contributed by atoms with E-state index in [1.165, 1.54) is 0 Å². The highest BCUT2D eigenvalue weighted by Gasteiger charge is 2.19. The van der Waals surface area contributed by atoms with E-state index in [1.54, 1.807) is 0 Å². The van der Waals surface area contributed by atoms with Crippen LogP contribution in [0.5, 0.6) is 0 Å². The summed E-state index contributed by atoms with van der Waals surface area (Å²) in [4.78, 5) is 22.4. The lowest BCUT2D eigenvalue weighted by molar-refractivity contribution is -0.142. The number of carbonyl (C=O) groups excluding carboxylic acids is 1. The first-order chi connectivity index (χ1) is 7.54. The number of nitrogens with one attached hydrogen (secondary N) is 1. The van der Waals surface area contributed by atoms with Crippen LogP contribution in [0.15, 0.2) is 0 Å². The Morgan fingerprint density at radius 3 is 2.12 bits per heavy atom. The molecule has 0 aliphatic carbocycles. The zero-order valence-electron chi connectivity index (χ0n) is 10.5. The Hall–Kier alpha value is -1.06. The Bertz CT molecular complexity index is 224. The molecule has 2 N–H and O–H groups in total. The first-order valence-corrected chi connectivity index (χ1v) is 6.07. The van der Waals surface area contributed by atoms with Gasteiger partial charge in [0.2, 0.25) is 5.91 Å². The van der Waals surface area contributed by atoms with Crippen LogP contribution in [0, 0.1) is 5.92 Å². The quantitative estimate of drug-likeness (QED) is 0.670. The second-order valence-electron chi connectivity index (χ2n) is 4.13. The number of hydrogen-bond donors (Lipinski definition) is 2. The van der Waals surface area contributed by atoms with Crippen LogP contribution >= 0.6 is 0 Å². The molecule has 0 aromatic rings. The molecule has 0 rings (SSSR count). The summed E-state index contributed by atoms with van der Waals surface area (Å²) in [6.45, 7) is 5.99. The maximum atomic E-state index is 11.6. The highest BCUT2D eigenvalue weighted by Crippen LogP contribution is 2.12. The number of aliphatic carboxylic acids is 1. The molecule has 0 saturated carbocycles. The highest BCUT2D eigenvalue weighted by atomic mass is 16.4. The summed E-state index contributed by atoms with van der Waals surface area (Å²) in [5, 5.41) is 11.5. The summed E-state index contributed by atoms with van der Waals surface area (Å²) in [6, 6.07) is -0.730. The predicted octanol–water partition coefficient (Wildman–Crippen LogP) is 2.18. The van der Waals surface area contributed by atoms with Crippen molar-refractivity contribution < 1.29 is 14.7 Å². The Morgan fingerprint density at radius 2 is 1.75 bits per heavy atom. The van der Waals surface area contributed by atoms with Gasteiger partial charge in [-0.25, -0.2) is 4.79 Å². The van der Waals surface area contributed by atoms with Crippen LogP contribution in [-0.2, 0) is 9.59 Å². The molecule has 0 radical (unpaired) electrons. The summed E-state index contributed by atoms with van der Waals surface area (Å²) < 4.78 is 0. The molecule has 4 heteroatoms. The van der Waals surface area contributed by atoms with E-state index in [2.05, 4.69) is 5.32 Å². The van der Waals surface area contributed by atoms with E-state index in [9.17, 15) is 9.59 Å². The third-order valence-electron chi connectivity index (χ3n) is 2.84. The molecule has 0 fully saturated rings. The van der Waals surface area contributed by atoms with Crippen LogP contribution in [0.25, 0.3) is 0 Å². The maximum absolute atomic E-state index is 11.6. The molecule has 0 aromatic heterocycles. The van der Waals surface area contributed by atoms with Gasteiger partial charge in [0.15, 0.2) is 0 Å². The molecule has 1 atom stereocenters. The van der Waals surface area contributed by atoms with Gasteiger partial charge >= 0.3 is 5.97 Å². The molecule has 1 unspecified atom stereocenters. The molecule has 0 aromatic carbocycles. The van der Waals surface area contributed by atoms with Gasteiger partial charge in [-0.05, 0) is 12.3 Å². The van der Waals surface area contributed by atoms with Gasteiger partial charge in [0, 0.05) is 6.42 Å². The van der Waals surface area contributed by atoms with E-state index >= 15 is 0 Å². The average molecular weight is 229 g/mol. The molecular weight excluding hydrogens is 206 g/mol. The molecule has 94 valence electrons. The minimum absolute atomic E-state index is 0.144. The Balaban J connectivity index is 4.13. The second-order valence-corrected chi connectivity index (χ2v) is 4.13. The second kappa shape index (κ2) is 8.13. The molecule has 16 heavy (non-hydrogen) atoms. The highest BCUT2D eigenvalue weighted by molar-refractivity contribution is 5.83. The zero-order valence-corrected chi connectivity index (χ0v) is 10.5. The summed E-state index contributed by atoms with van der Waals surface area (Å²) >= 11 is 0. The van der Waals surface area contributed by atoms with Gasteiger partial charge in [-0.15, -0.1) is 0 Å². The monoisotopic (exact) mass is 229 g/mol. The van der Waals surface area contributed by atoms with Gasteiger partial charge in [0.05, 0.1) is 0 Å². The summed E-state index contributed by atoms with van der Waals surface area (Å²) in [5.41, 5.74) is 0. The largest absolute Gasteiger partial charge is 0.480 e. The van der Waals surface area contributed by atoms with Crippen molar-refractivity contribution in [3.05, 3.63) is 0 Å². The third kappa shape index (κ3) is 5.73. The predicted molar refractivity (Wildman–Crippen MR) is 63.2 cm³/mol. The first kappa shape index (κ1) is 14.9. The molecule has 0 aliphatic heterocycles. The van der Waals surface area contributed by atoms with E-state index in [-0.39, 0.29) is 5.91 Å². The summed E-state index contributed by atoms with van der Waals surface area (Å²) in [6.07, 6.45) is 3.58. The minimum Gasteiger partial charge on any atom is -0.480 e. The fraction of sp³-hybridized carbons (Fsp3) is 0.833. The van der Waals surface area contributed by atoms with Crippen molar-refractivity contribution in [2.45, 2.75) is 58.9 Å². The lowest BCUT2D eigenvalue weighted by Gasteiger charge is -2.16. The van der Waals surface area contributed by atoms with Gasteiger partial charge in [0.25, 0.3) is 0 Å². The van der Waals surface area contributed by atoms with E-state index < -0.39 is 12.0 Å². The molecule has 0 heterocycles. The summed E-state index contributed by atoms with van der Waals surface area (Å²) in [5.74, 6) is -0.731. The van der Waals surface area contributed by atoms with Crippen LogP contribution in [-0.4, -0.2) is 23.0 Å². The van der Waals surface area contributed by atoms with Crippen LogP contribution < -0.4 is 5.32 Å². The van der Waals surface area contributed by atoms with Gasteiger partial charge < -0.3 is 10.4 Å². The zero-order chi connectivity index (χ0) is 12.6. The molecule has 4 nitrogen and oxygen atoms in total. The van der Waals surface area contributed by atoms with Gasteiger partial charge in [-0.1, -0.05) is 40.0 Å². The van der Waals surface area contributed by atoms with Crippen LogP contribution in [0.2, 0.25) is 0 Å². The van der Waals surface area contributed by atoms with Crippen molar-refractivity contribution in [3.8, 4) is 0 Å². The number of amides is 1. The van der Waals surface area contributed by atoms with Crippen molar-refractivity contribution in [3.63, 3.8) is 0 Å². The maximum Gasteiger partial charge on any atom is 0.326 e. The normalized spacial score (nSPS) is 12.5. The number of carboxylic acids is 1. The summed E-state index contributed by atoms with van der Waals surface area (Å²) in [7, 11) is 0. The SMILES string of the molecule is CCCC(NC(=O)CC(CC)CC)C(=O)O. The number of carboxylic acid groups (broad SMARTS) is 1. The fourth-order valence-electron chi connectivity index (χ4n) is 1.64. The van der Waals surface area contributed by atoms with E-state index in [4.69, 9.17) is 5.11 Å². The number of rotatable bonds is 8. The van der Waals surface area contributed by atoms with Crippen LogP contribution in [0.3, 0.4) is 0 Å². The number of carbonyl (C=O) groups is 2. The lowest BCUT2D eigenvalue weighted by atomic mass is 9.99. The Labute approximate surface area is 97.4 Å². The molecular formula is C12H23NO3. The van der Waals surface area contributed by atoms with Crippen molar-refractivity contribution >= 4 is 11.9 Å². The van der Waals surface area contributed by atoms with Gasteiger partial charge in [-0.3, -0.25) is 4.79 Å². The van der Waals surface area contributed by atoms with Crippen LogP contribution in [0.1, 0.15) is 52.9 Å². The van der Waals surface area contributed by atoms with Crippen LogP contribution in [0.4, 0.5) is 0 Å².